The predicted octanol–water partition coefficient (Wildman–Crippen LogP) is 2.85. The van der Waals surface area contributed by atoms with Crippen LogP contribution < -0.4 is 20.5 Å². The van der Waals surface area contributed by atoms with Crippen molar-refractivity contribution in [2.24, 2.45) is 0 Å². The molecule has 0 heterocycles. The smallest absolute Gasteiger partial charge is 0.256 e. The molecule has 0 unspecified atom stereocenters. The number of benzene rings is 2. The van der Waals surface area contributed by atoms with Crippen molar-refractivity contribution in [1.82, 2.24) is 0 Å². The summed E-state index contributed by atoms with van der Waals surface area (Å²) in [4.78, 5) is 12.3. The summed E-state index contributed by atoms with van der Waals surface area (Å²) in [7, 11) is 3.12. The summed E-state index contributed by atoms with van der Waals surface area (Å²) in [5.41, 5.74) is 8.27. The molecule has 2 aromatic rings. The highest BCUT2D eigenvalue weighted by Gasteiger charge is 2.11. The molecule has 0 aliphatic carbocycles. The Labute approximate surface area is 123 Å². The average Bonchev–Trinajstić information content (AvgIpc) is 2.49. The predicted molar refractivity (Wildman–Crippen MR) is 83.1 cm³/mol. The lowest BCUT2D eigenvalue weighted by Crippen LogP contribution is -2.14. The molecular formula is C16H18N2O3. The number of methoxy groups -OCH3 is 2. The maximum Gasteiger partial charge on any atom is 0.256 e. The summed E-state index contributed by atoms with van der Waals surface area (Å²) in [5.74, 6) is 0.984. The van der Waals surface area contributed by atoms with Crippen LogP contribution in [0, 0.1) is 6.92 Å². The van der Waals surface area contributed by atoms with Crippen molar-refractivity contribution in [2.45, 2.75) is 6.92 Å². The molecular weight excluding hydrogens is 268 g/mol. The van der Waals surface area contributed by atoms with Crippen molar-refractivity contribution in [1.29, 1.82) is 0 Å². The number of hydrogen-bond donors (Lipinski definition) is 2. The van der Waals surface area contributed by atoms with Crippen LogP contribution in [0.5, 0.6) is 11.5 Å². The Morgan fingerprint density at radius 1 is 1.05 bits per heavy atom. The minimum atomic E-state index is -0.227. The maximum absolute atomic E-state index is 12.3. The molecule has 0 aromatic heterocycles. The second-order valence-electron chi connectivity index (χ2n) is 4.63. The van der Waals surface area contributed by atoms with Gasteiger partial charge in [-0.2, -0.15) is 0 Å². The highest BCUT2D eigenvalue weighted by molar-refractivity contribution is 6.06. The van der Waals surface area contributed by atoms with E-state index in [1.807, 2.05) is 13.0 Å². The first-order valence-corrected chi connectivity index (χ1v) is 6.44. The molecule has 5 heteroatoms. The lowest BCUT2D eigenvalue weighted by Gasteiger charge is -2.11. The van der Waals surface area contributed by atoms with Crippen LogP contribution in [0.3, 0.4) is 0 Å². The first-order valence-electron chi connectivity index (χ1n) is 6.44. The number of carbonyl (C=O) groups excluding carboxylic acids is 1. The molecule has 110 valence electrons. The van der Waals surface area contributed by atoms with Gasteiger partial charge in [-0.3, -0.25) is 4.79 Å². The first-order chi connectivity index (χ1) is 10.0. The maximum atomic E-state index is 12.3. The zero-order valence-corrected chi connectivity index (χ0v) is 12.3. The number of nitrogen functional groups attached to an aromatic ring is 1. The van der Waals surface area contributed by atoms with Crippen LogP contribution in [0.4, 0.5) is 11.4 Å². The second kappa shape index (κ2) is 6.17. The van der Waals surface area contributed by atoms with Gasteiger partial charge < -0.3 is 20.5 Å². The molecule has 0 aliphatic rings. The number of amides is 1. The Bertz CT molecular complexity index is 646. The largest absolute Gasteiger partial charge is 0.497 e. The van der Waals surface area contributed by atoms with Crippen LogP contribution >= 0.6 is 0 Å². The van der Waals surface area contributed by atoms with E-state index in [1.165, 1.54) is 0 Å². The molecule has 2 aromatic carbocycles. The molecule has 0 radical (unpaired) electrons. The van der Waals surface area contributed by atoms with Gasteiger partial charge in [0.05, 0.1) is 14.2 Å². The summed E-state index contributed by atoms with van der Waals surface area (Å²) < 4.78 is 10.4. The molecule has 0 saturated heterocycles. The number of nitrogens with one attached hydrogen (secondary N) is 1. The van der Waals surface area contributed by atoms with Gasteiger partial charge in [0, 0.05) is 35.1 Å². The van der Waals surface area contributed by atoms with Gasteiger partial charge in [-0.15, -0.1) is 0 Å². The van der Waals surface area contributed by atoms with Crippen molar-refractivity contribution in [3.63, 3.8) is 0 Å². The third-order valence-corrected chi connectivity index (χ3v) is 3.12. The van der Waals surface area contributed by atoms with E-state index in [-0.39, 0.29) is 5.91 Å². The van der Waals surface area contributed by atoms with E-state index in [0.717, 1.165) is 5.56 Å². The van der Waals surface area contributed by atoms with E-state index in [0.29, 0.717) is 28.4 Å². The Kier molecular flexibility index (Phi) is 4.33. The zero-order valence-electron chi connectivity index (χ0n) is 12.3. The molecule has 0 atom stereocenters. The first kappa shape index (κ1) is 14.7. The molecule has 0 fully saturated rings. The lowest BCUT2D eigenvalue weighted by molar-refractivity contribution is 0.102. The van der Waals surface area contributed by atoms with Crippen molar-refractivity contribution in [3.05, 3.63) is 47.5 Å². The van der Waals surface area contributed by atoms with Crippen LogP contribution in [0.15, 0.2) is 36.4 Å². The molecule has 0 spiro atoms. The van der Waals surface area contributed by atoms with E-state index in [2.05, 4.69) is 5.32 Å². The minimum Gasteiger partial charge on any atom is -0.497 e. The summed E-state index contributed by atoms with van der Waals surface area (Å²) in [6.45, 7) is 1.86. The lowest BCUT2D eigenvalue weighted by atomic mass is 10.1. The highest BCUT2D eigenvalue weighted by atomic mass is 16.5. The number of aryl methyl sites for hydroxylation is 1. The molecule has 1 amide bonds. The number of rotatable bonds is 4. The van der Waals surface area contributed by atoms with Gasteiger partial charge in [-0.25, -0.2) is 0 Å². The van der Waals surface area contributed by atoms with Gasteiger partial charge in [0.25, 0.3) is 5.91 Å². The van der Waals surface area contributed by atoms with Crippen LogP contribution in [0.25, 0.3) is 0 Å². The number of carbonyl (C=O) groups is 1. The SMILES string of the molecule is COc1cc(NC(=O)c2cc(N)ccc2C)cc(OC)c1. The van der Waals surface area contributed by atoms with Crippen LogP contribution in [-0.4, -0.2) is 20.1 Å². The molecule has 2 rings (SSSR count). The van der Waals surface area contributed by atoms with E-state index in [9.17, 15) is 4.79 Å². The number of anilines is 2. The highest BCUT2D eigenvalue weighted by Crippen LogP contribution is 2.26. The third kappa shape index (κ3) is 3.45. The summed E-state index contributed by atoms with van der Waals surface area (Å²) >= 11 is 0. The topological polar surface area (TPSA) is 73.6 Å². The van der Waals surface area contributed by atoms with Crippen LogP contribution in [0.1, 0.15) is 15.9 Å². The monoisotopic (exact) mass is 286 g/mol. The van der Waals surface area contributed by atoms with Gasteiger partial charge in [-0.1, -0.05) is 6.07 Å². The van der Waals surface area contributed by atoms with Crippen LogP contribution in [0.2, 0.25) is 0 Å². The molecule has 3 N–H and O–H groups in total. The van der Waals surface area contributed by atoms with E-state index >= 15 is 0 Å². The fraction of sp³-hybridized carbons (Fsp3) is 0.188. The Morgan fingerprint density at radius 2 is 1.67 bits per heavy atom. The summed E-state index contributed by atoms with van der Waals surface area (Å²) in [6.07, 6.45) is 0. The second-order valence-corrected chi connectivity index (χ2v) is 4.63. The Balaban J connectivity index is 2.28. The Hall–Kier alpha value is -2.69. The van der Waals surface area contributed by atoms with Gasteiger partial charge in [-0.05, 0) is 24.6 Å². The van der Waals surface area contributed by atoms with Crippen molar-refractivity contribution in [2.75, 3.05) is 25.3 Å². The Morgan fingerprint density at radius 3 is 2.24 bits per heavy atom. The van der Waals surface area contributed by atoms with E-state index in [1.54, 1.807) is 44.6 Å². The van der Waals surface area contributed by atoms with Gasteiger partial charge >= 0.3 is 0 Å². The molecule has 0 bridgehead atoms. The average molecular weight is 286 g/mol. The van der Waals surface area contributed by atoms with Gasteiger partial charge in [0.15, 0.2) is 0 Å². The number of ether oxygens (including phenoxy) is 2. The van der Waals surface area contributed by atoms with Crippen LogP contribution in [-0.2, 0) is 0 Å². The van der Waals surface area contributed by atoms with E-state index < -0.39 is 0 Å². The van der Waals surface area contributed by atoms with Crippen molar-refractivity contribution >= 4 is 17.3 Å². The molecule has 0 saturated carbocycles. The summed E-state index contributed by atoms with van der Waals surface area (Å²) in [5, 5.41) is 2.82. The minimum absolute atomic E-state index is 0.227. The van der Waals surface area contributed by atoms with Gasteiger partial charge in [0.1, 0.15) is 11.5 Å². The fourth-order valence-corrected chi connectivity index (χ4v) is 1.96. The quantitative estimate of drug-likeness (QED) is 0.848. The number of hydrogen-bond acceptors (Lipinski definition) is 4. The molecule has 21 heavy (non-hydrogen) atoms. The molecule has 5 nitrogen and oxygen atoms in total. The normalized spacial score (nSPS) is 10.0. The zero-order chi connectivity index (χ0) is 15.4. The van der Waals surface area contributed by atoms with Crippen molar-refractivity contribution < 1.29 is 14.3 Å². The molecule has 0 aliphatic heterocycles. The van der Waals surface area contributed by atoms with Crippen molar-refractivity contribution in [3.8, 4) is 11.5 Å². The summed E-state index contributed by atoms with van der Waals surface area (Å²) in [6, 6.07) is 10.4. The van der Waals surface area contributed by atoms with E-state index in [4.69, 9.17) is 15.2 Å². The standard InChI is InChI=1S/C16H18N2O3/c1-10-4-5-11(17)6-15(10)16(19)18-12-7-13(20-2)9-14(8-12)21-3/h4-9H,17H2,1-3H3,(H,18,19). The number of nitrogens with two attached hydrogens (primary N) is 1. The van der Waals surface area contributed by atoms with Gasteiger partial charge in [0.2, 0.25) is 0 Å². The third-order valence-electron chi connectivity index (χ3n) is 3.12. The fourth-order valence-electron chi connectivity index (χ4n) is 1.96.